The Bertz CT molecular complexity index is 523. The van der Waals surface area contributed by atoms with E-state index in [0.29, 0.717) is 18.7 Å². The topological polar surface area (TPSA) is 43.3 Å². The maximum Gasteiger partial charge on any atom is 0.251 e. The van der Waals surface area contributed by atoms with Gasteiger partial charge in [0, 0.05) is 36.4 Å². The first-order valence-electron chi connectivity index (χ1n) is 6.47. The molecule has 0 aliphatic carbocycles. The number of halogens is 1. The zero-order valence-corrected chi connectivity index (χ0v) is 12.7. The van der Waals surface area contributed by atoms with Crippen molar-refractivity contribution in [2.75, 3.05) is 18.5 Å². The number of nitrogens with zero attached hydrogens (tertiary/aromatic N) is 1. The minimum atomic E-state index is -0.0656. The van der Waals surface area contributed by atoms with Gasteiger partial charge in [0.05, 0.1) is 6.61 Å². The summed E-state index contributed by atoms with van der Waals surface area (Å²) in [5.74, 6) is 0.706. The first-order chi connectivity index (χ1) is 9.79. The number of rotatable bonds is 7. The maximum absolute atomic E-state index is 11.9. The van der Waals surface area contributed by atoms with E-state index in [1.54, 1.807) is 12.1 Å². The highest BCUT2D eigenvalue weighted by Crippen LogP contribution is 2.12. The molecule has 0 fully saturated rings. The molecule has 2 rings (SSSR count). The van der Waals surface area contributed by atoms with Gasteiger partial charge in [0.2, 0.25) is 0 Å². The minimum Gasteiger partial charge on any atom is -0.493 e. The van der Waals surface area contributed by atoms with Gasteiger partial charge in [0.15, 0.2) is 0 Å². The Morgan fingerprint density at radius 2 is 1.90 bits per heavy atom. The number of hydrogen-bond donors (Lipinski definition) is 1. The zero-order valence-electron chi connectivity index (χ0n) is 11.1. The van der Waals surface area contributed by atoms with Crippen LogP contribution in [0.5, 0.6) is 5.75 Å². The van der Waals surface area contributed by atoms with E-state index in [4.69, 9.17) is 4.74 Å². The summed E-state index contributed by atoms with van der Waals surface area (Å²) in [4.78, 5) is 11.9. The molecule has 20 heavy (non-hydrogen) atoms. The number of amides is 1. The lowest BCUT2D eigenvalue weighted by Crippen LogP contribution is -2.26. The first kappa shape index (κ1) is 14.7. The number of nitrogens with one attached hydrogen (secondary N) is 1. The second-order valence-electron chi connectivity index (χ2n) is 4.24. The van der Waals surface area contributed by atoms with Gasteiger partial charge < -0.3 is 14.6 Å². The summed E-state index contributed by atoms with van der Waals surface area (Å²) >= 11 is 3.30. The Kier molecular flexibility index (Phi) is 5.68. The number of benzene rings is 1. The third kappa shape index (κ3) is 4.42. The average Bonchev–Trinajstić information content (AvgIpc) is 2.99. The normalized spacial score (nSPS) is 10.2. The number of alkyl halides is 1. The van der Waals surface area contributed by atoms with Gasteiger partial charge in [-0.15, -0.1) is 0 Å². The van der Waals surface area contributed by atoms with Crippen molar-refractivity contribution in [3.05, 3.63) is 54.4 Å². The molecule has 1 aromatic heterocycles. The van der Waals surface area contributed by atoms with E-state index < -0.39 is 0 Å². The second-order valence-corrected chi connectivity index (χ2v) is 5.03. The molecule has 106 valence electrons. The molecule has 0 spiro atoms. The van der Waals surface area contributed by atoms with Crippen LogP contribution < -0.4 is 10.1 Å². The molecule has 0 radical (unpaired) electrons. The Labute approximate surface area is 126 Å². The van der Waals surface area contributed by atoms with E-state index in [0.717, 1.165) is 17.6 Å². The number of aromatic nitrogens is 1. The third-order valence-electron chi connectivity index (χ3n) is 2.78. The van der Waals surface area contributed by atoms with Crippen LogP contribution in [0.3, 0.4) is 0 Å². The van der Waals surface area contributed by atoms with E-state index in [1.165, 1.54) is 0 Å². The van der Waals surface area contributed by atoms with Crippen molar-refractivity contribution in [2.45, 2.75) is 6.54 Å². The number of hydrogen-bond acceptors (Lipinski definition) is 2. The van der Waals surface area contributed by atoms with Crippen LogP contribution in [-0.2, 0) is 6.54 Å². The Hall–Kier alpha value is -1.75. The lowest BCUT2D eigenvalue weighted by Gasteiger charge is -2.07. The fourth-order valence-electron chi connectivity index (χ4n) is 1.78. The molecule has 5 heteroatoms. The van der Waals surface area contributed by atoms with Gasteiger partial charge in [0.1, 0.15) is 5.75 Å². The molecule has 0 aliphatic heterocycles. The summed E-state index contributed by atoms with van der Waals surface area (Å²) in [6.45, 7) is 1.99. The molecule has 0 saturated heterocycles. The second kappa shape index (κ2) is 7.75. The van der Waals surface area contributed by atoms with Gasteiger partial charge >= 0.3 is 0 Å². The predicted molar refractivity (Wildman–Crippen MR) is 82.5 cm³/mol. The molecule has 0 bridgehead atoms. The summed E-state index contributed by atoms with van der Waals surface area (Å²) in [6, 6.07) is 11.1. The van der Waals surface area contributed by atoms with Gasteiger partial charge in [-0.05, 0) is 36.4 Å². The molecular weight excluding hydrogens is 320 g/mol. The lowest BCUT2D eigenvalue weighted by molar-refractivity contribution is 0.0952. The van der Waals surface area contributed by atoms with E-state index in [-0.39, 0.29) is 5.91 Å². The zero-order chi connectivity index (χ0) is 14.2. The minimum absolute atomic E-state index is 0.0656. The van der Waals surface area contributed by atoms with Crippen molar-refractivity contribution in [1.29, 1.82) is 0 Å². The van der Waals surface area contributed by atoms with Crippen LogP contribution in [0.15, 0.2) is 48.8 Å². The van der Waals surface area contributed by atoms with Gasteiger partial charge in [-0.25, -0.2) is 0 Å². The molecule has 0 unspecified atom stereocenters. The van der Waals surface area contributed by atoms with E-state index in [2.05, 4.69) is 21.2 Å². The molecule has 2 aromatic rings. The molecule has 0 aliphatic rings. The largest absolute Gasteiger partial charge is 0.493 e. The Balaban J connectivity index is 1.79. The SMILES string of the molecule is O=C(NCCn1cccc1)c1ccc(OCCBr)cc1. The summed E-state index contributed by atoms with van der Waals surface area (Å²) in [5.41, 5.74) is 0.642. The summed E-state index contributed by atoms with van der Waals surface area (Å²) in [7, 11) is 0. The molecular formula is C15H17BrN2O2. The van der Waals surface area contributed by atoms with Crippen molar-refractivity contribution in [3.63, 3.8) is 0 Å². The van der Waals surface area contributed by atoms with Crippen molar-refractivity contribution >= 4 is 21.8 Å². The van der Waals surface area contributed by atoms with Gasteiger partial charge in [-0.3, -0.25) is 4.79 Å². The maximum atomic E-state index is 11.9. The molecule has 1 amide bonds. The van der Waals surface area contributed by atoms with E-state index in [9.17, 15) is 4.79 Å². The molecule has 0 saturated carbocycles. The third-order valence-corrected chi connectivity index (χ3v) is 3.11. The van der Waals surface area contributed by atoms with Crippen LogP contribution in [0.2, 0.25) is 0 Å². The first-order valence-corrected chi connectivity index (χ1v) is 7.59. The number of carbonyl (C=O) groups excluding carboxylic acids is 1. The summed E-state index contributed by atoms with van der Waals surface area (Å²) in [5, 5.41) is 3.68. The molecule has 1 heterocycles. The standard InChI is InChI=1S/C15H17BrN2O2/c16-7-12-20-14-5-3-13(4-6-14)15(19)17-8-11-18-9-1-2-10-18/h1-6,9-10H,7-8,11-12H2,(H,17,19). The quantitative estimate of drug-likeness (QED) is 0.790. The van der Waals surface area contributed by atoms with Crippen LogP contribution in [-0.4, -0.2) is 29.0 Å². The Morgan fingerprint density at radius 3 is 2.55 bits per heavy atom. The summed E-state index contributed by atoms with van der Waals surface area (Å²) < 4.78 is 7.46. The Morgan fingerprint density at radius 1 is 1.20 bits per heavy atom. The van der Waals surface area contributed by atoms with Crippen molar-refractivity contribution in [1.82, 2.24) is 9.88 Å². The number of carbonyl (C=O) groups is 1. The smallest absolute Gasteiger partial charge is 0.251 e. The molecule has 4 nitrogen and oxygen atoms in total. The molecule has 1 N–H and O–H groups in total. The fraction of sp³-hybridized carbons (Fsp3) is 0.267. The lowest BCUT2D eigenvalue weighted by atomic mass is 10.2. The fourth-order valence-corrected chi connectivity index (χ4v) is 1.94. The van der Waals surface area contributed by atoms with Crippen LogP contribution in [0.25, 0.3) is 0 Å². The predicted octanol–water partition coefficient (Wildman–Crippen LogP) is 2.69. The van der Waals surface area contributed by atoms with Crippen molar-refractivity contribution in [3.8, 4) is 5.75 Å². The van der Waals surface area contributed by atoms with Crippen LogP contribution in [0.1, 0.15) is 10.4 Å². The molecule has 0 atom stereocenters. The highest BCUT2D eigenvalue weighted by Gasteiger charge is 2.04. The van der Waals surface area contributed by atoms with Crippen LogP contribution in [0.4, 0.5) is 0 Å². The highest BCUT2D eigenvalue weighted by molar-refractivity contribution is 9.09. The van der Waals surface area contributed by atoms with Crippen LogP contribution in [0, 0.1) is 0 Å². The average molecular weight is 337 g/mol. The summed E-state index contributed by atoms with van der Waals surface area (Å²) in [6.07, 6.45) is 3.95. The van der Waals surface area contributed by atoms with E-state index in [1.807, 2.05) is 41.2 Å². The van der Waals surface area contributed by atoms with Crippen LogP contribution >= 0.6 is 15.9 Å². The van der Waals surface area contributed by atoms with Crippen molar-refractivity contribution in [2.24, 2.45) is 0 Å². The number of ether oxygens (including phenoxy) is 1. The van der Waals surface area contributed by atoms with Gasteiger partial charge in [-0.1, -0.05) is 15.9 Å². The van der Waals surface area contributed by atoms with Gasteiger partial charge in [0.25, 0.3) is 5.91 Å². The van der Waals surface area contributed by atoms with E-state index >= 15 is 0 Å². The monoisotopic (exact) mass is 336 g/mol. The molecule has 1 aromatic carbocycles. The van der Waals surface area contributed by atoms with Crippen molar-refractivity contribution < 1.29 is 9.53 Å². The highest BCUT2D eigenvalue weighted by atomic mass is 79.9. The van der Waals surface area contributed by atoms with Gasteiger partial charge in [-0.2, -0.15) is 0 Å².